The van der Waals surface area contributed by atoms with E-state index >= 15 is 0 Å². The highest BCUT2D eigenvalue weighted by Crippen LogP contribution is 2.22. The van der Waals surface area contributed by atoms with Crippen LogP contribution in [0.3, 0.4) is 0 Å². The maximum atomic E-state index is 12.1. The van der Waals surface area contributed by atoms with Crippen LogP contribution < -0.4 is 5.32 Å². The highest BCUT2D eigenvalue weighted by molar-refractivity contribution is 6.17. The number of nitrogens with zero attached hydrogens (tertiary/aromatic N) is 3. The third-order valence-corrected chi connectivity index (χ3v) is 3.10. The van der Waals surface area contributed by atoms with Crippen LogP contribution >= 0.6 is 0 Å². The molecule has 0 atom stereocenters. The number of hydrogen-bond acceptors (Lipinski definition) is 6. The van der Waals surface area contributed by atoms with Crippen LogP contribution in [0.1, 0.15) is 0 Å². The molecule has 0 radical (unpaired) electrons. The zero-order valence-electron chi connectivity index (χ0n) is 11.0. The summed E-state index contributed by atoms with van der Waals surface area (Å²) in [4.78, 5) is 33.1. The number of fused-ring (bicyclic) bond motifs is 1. The lowest BCUT2D eigenvalue weighted by molar-refractivity contribution is -0.137. The van der Waals surface area contributed by atoms with Gasteiger partial charge in [-0.3, -0.25) is 24.5 Å². The van der Waals surface area contributed by atoms with Crippen LogP contribution in [0.15, 0.2) is 42.4 Å². The number of imide groups is 1. The molecule has 0 bridgehead atoms. The van der Waals surface area contributed by atoms with Crippen molar-refractivity contribution < 1.29 is 14.7 Å². The molecular formula is C14H12N4O3. The molecule has 7 nitrogen and oxygen atoms in total. The van der Waals surface area contributed by atoms with Crippen LogP contribution in [0, 0.1) is 0 Å². The Labute approximate surface area is 119 Å². The fraction of sp³-hybridized carbons (Fsp3) is 0.143. The van der Waals surface area contributed by atoms with Crippen molar-refractivity contribution in [2.75, 3.05) is 18.5 Å². The molecule has 7 heteroatoms. The Morgan fingerprint density at radius 1 is 1.19 bits per heavy atom. The molecule has 2 N–H and O–H groups in total. The first kappa shape index (κ1) is 13.2. The second kappa shape index (κ2) is 5.29. The van der Waals surface area contributed by atoms with Gasteiger partial charge in [0.2, 0.25) is 0 Å². The molecule has 21 heavy (non-hydrogen) atoms. The van der Waals surface area contributed by atoms with E-state index < -0.39 is 11.8 Å². The van der Waals surface area contributed by atoms with Crippen LogP contribution in [-0.4, -0.2) is 44.9 Å². The number of β-amino-alcohol motifs (C(OH)–C–C–N with tert-alkyl or cyclic N) is 1. The minimum Gasteiger partial charge on any atom is -0.395 e. The number of amides is 2. The summed E-state index contributed by atoms with van der Waals surface area (Å²) >= 11 is 0. The molecule has 1 aliphatic rings. The highest BCUT2D eigenvalue weighted by Gasteiger charge is 2.30. The van der Waals surface area contributed by atoms with Gasteiger partial charge in [-0.1, -0.05) is 6.07 Å². The summed E-state index contributed by atoms with van der Waals surface area (Å²) in [7, 11) is 0. The molecule has 106 valence electrons. The Morgan fingerprint density at radius 2 is 2.00 bits per heavy atom. The average molecular weight is 284 g/mol. The lowest BCUT2D eigenvalue weighted by Gasteiger charge is -2.13. The average Bonchev–Trinajstić information content (AvgIpc) is 2.76. The lowest BCUT2D eigenvalue weighted by Crippen LogP contribution is -2.34. The fourth-order valence-electron chi connectivity index (χ4n) is 2.15. The number of benzene rings is 1. The van der Waals surface area contributed by atoms with Gasteiger partial charge in [-0.05, 0) is 12.1 Å². The first-order valence-corrected chi connectivity index (χ1v) is 6.36. The number of carbonyl (C=O) groups is 2. The first-order chi connectivity index (χ1) is 10.2. The molecule has 0 fully saturated rings. The monoisotopic (exact) mass is 284 g/mol. The van der Waals surface area contributed by atoms with E-state index in [0.29, 0.717) is 16.7 Å². The number of aliphatic hydroxyl groups excluding tert-OH is 1. The second-order valence-electron chi connectivity index (χ2n) is 4.43. The predicted octanol–water partition coefficient (Wildman–Crippen LogP) is 0.287. The van der Waals surface area contributed by atoms with E-state index in [0.717, 1.165) is 4.90 Å². The van der Waals surface area contributed by atoms with Gasteiger partial charge in [-0.15, -0.1) is 0 Å². The summed E-state index contributed by atoms with van der Waals surface area (Å²) in [6.45, 7) is -0.285. The van der Waals surface area contributed by atoms with Gasteiger partial charge < -0.3 is 10.4 Å². The Hall–Kier alpha value is -2.80. The van der Waals surface area contributed by atoms with Gasteiger partial charge in [0.1, 0.15) is 11.2 Å². The zero-order chi connectivity index (χ0) is 14.8. The molecule has 1 aliphatic heterocycles. The number of aromatic nitrogens is 2. The van der Waals surface area contributed by atoms with E-state index in [1.54, 1.807) is 24.5 Å². The van der Waals surface area contributed by atoms with Crippen molar-refractivity contribution >= 4 is 28.5 Å². The van der Waals surface area contributed by atoms with Crippen molar-refractivity contribution in [3.05, 3.63) is 42.4 Å². The summed E-state index contributed by atoms with van der Waals surface area (Å²) in [5.74, 6) is -0.905. The Morgan fingerprint density at radius 3 is 2.81 bits per heavy atom. The van der Waals surface area contributed by atoms with E-state index in [1.807, 2.05) is 6.07 Å². The summed E-state index contributed by atoms with van der Waals surface area (Å²) in [6, 6.07) is 5.35. The molecule has 0 saturated heterocycles. The number of rotatable bonds is 4. The Balaban J connectivity index is 1.91. The molecule has 1 aromatic carbocycles. The van der Waals surface area contributed by atoms with Crippen LogP contribution in [-0.2, 0) is 9.59 Å². The third-order valence-electron chi connectivity index (χ3n) is 3.10. The number of nitrogens with one attached hydrogen (secondary N) is 1. The third kappa shape index (κ3) is 2.34. The standard InChI is InChI=1S/C14H12N4O3/c19-7-6-18-12(20)8-11(14(18)21)17-10-3-1-2-9-13(10)16-5-4-15-9/h1-5,8,17,19H,6-7H2. The van der Waals surface area contributed by atoms with Gasteiger partial charge in [0, 0.05) is 18.5 Å². The van der Waals surface area contributed by atoms with Crippen molar-refractivity contribution in [1.29, 1.82) is 0 Å². The number of hydrogen-bond donors (Lipinski definition) is 2. The van der Waals surface area contributed by atoms with Gasteiger partial charge >= 0.3 is 0 Å². The number of carbonyl (C=O) groups excluding carboxylic acids is 2. The minimum atomic E-state index is -0.463. The van der Waals surface area contributed by atoms with Crippen LogP contribution in [0.25, 0.3) is 11.0 Å². The quantitative estimate of drug-likeness (QED) is 0.783. The normalized spacial score (nSPS) is 14.7. The summed E-state index contributed by atoms with van der Waals surface area (Å²) in [5.41, 5.74) is 2.05. The van der Waals surface area contributed by atoms with Crippen molar-refractivity contribution in [3.63, 3.8) is 0 Å². The van der Waals surface area contributed by atoms with Crippen molar-refractivity contribution in [2.24, 2.45) is 0 Å². The lowest BCUT2D eigenvalue weighted by atomic mass is 10.2. The molecule has 2 heterocycles. The maximum absolute atomic E-state index is 12.1. The Kier molecular flexibility index (Phi) is 3.33. The molecular weight excluding hydrogens is 272 g/mol. The SMILES string of the molecule is O=C1C=C(Nc2cccc3nccnc23)C(=O)N1CCO. The summed E-state index contributed by atoms with van der Waals surface area (Å²) in [5, 5.41) is 11.8. The van der Waals surface area contributed by atoms with Gasteiger partial charge in [-0.2, -0.15) is 0 Å². The van der Waals surface area contributed by atoms with Gasteiger partial charge in [-0.25, -0.2) is 0 Å². The topological polar surface area (TPSA) is 95.4 Å². The van der Waals surface area contributed by atoms with E-state index in [2.05, 4.69) is 15.3 Å². The zero-order valence-corrected chi connectivity index (χ0v) is 11.0. The van der Waals surface area contributed by atoms with E-state index in [4.69, 9.17) is 5.11 Å². The Bertz CT molecular complexity index is 751. The minimum absolute atomic E-state index is 0.0192. The van der Waals surface area contributed by atoms with Gasteiger partial charge in [0.15, 0.2) is 0 Å². The molecule has 1 aromatic heterocycles. The van der Waals surface area contributed by atoms with Crippen molar-refractivity contribution in [1.82, 2.24) is 14.9 Å². The molecule has 0 aliphatic carbocycles. The number of para-hydroxylation sites is 1. The molecule has 2 amide bonds. The first-order valence-electron chi connectivity index (χ1n) is 6.36. The van der Waals surface area contributed by atoms with Gasteiger partial charge in [0.25, 0.3) is 11.8 Å². The smallest absolute Gasteiger partial charge is 0.277 e. The molecule has 0 saturated carbocycles. The molecule has 0 spiro atoms. The fourth-order valence-corrected chi connectivity index (χ4v) is 2.15. The van der Waals surface area contributed by atoms with Crippen molar-refractivity contribution in [3.8, 4) is 0 Å². The number of aliphatic hydroxyl groups is 1. The summed E-state index contributed by atoms with van der Waals surface area (Å²) in [6.07, 6.45) is 4.35. The van der Waals surface area contributed by atoms with Crippen LogP contribution in [0.5, 0.6) is 0 Å². The number of anilines is 1. The second-order valence-corrected chi connectivity index (χ2v) is 4.43. The molecule has 3 rings (SSSR count). The van der Waals surface area contributed by atoms with Gasteiger partial charge in [0.05, 0.1) is 24.4 Å². The van der Waals surface area contributed by atoms with E-state index in [-0.39, 0.29) is 18.8 Å². The largest absolute Gasteiger partial charge is 0.395 e. The molecule has 0 unspecified atom stereocenters. The predicted molar refractivity (Wildman–Crippen MR) is 75.0 cm³/mol. The van der Waals surface area contributed by atoms with Crippen LogP contribution in [0.4, 0.5) is 5.69 Å². The molecule has 2 aromatic rings. The van der Waals surface area contributed by atoms with Crippen molar-refractivity contribution in [2.45, 2.75) is 0 Å². The van der Waals surface area contributed by atoms with E-state index in [1.165, 1.54) is 6.08 Å². The van der Waals surface area contributed by atoms with E-state index in [9.17, 15) is 9.59 Å². The maximum Gasteiger partial charge on any atom is 0.277 e. The highest BCUT2D eigenvalue weighted by atomic mass is 16.3. The summed E-state index contributed by atoms with van der Waals surface area (Å²) < 4.78 is 0. The van der Waals surface area contributed by atoms with Crippen LogP contribution in [0.2, 0.25) is 0 Å².